The van der Waals surface area contributed by atoms with Gasteiger partial charge < -0.3 is 10.5 Å². The maximum absolute atomic E-state index is 10.3. The van der Waals surface area contributed by atoms with Gasteiger partial charge in [-0.15, -0.1) is 18.2 Å². The Morgan fingerprint density at radius 3 is 2.90 bits per heavy atom. The second-order valence-electron chi connectivity index (χ2n) is 1.70. The summed E-state index contributed by atoms with van der Waals surface area (Å²) in [6.07, 6.45) is 1.57. The summed E-state index contributed by atoms with van der Waals surface area (Å²) in [4.78, 5) is 10.3. The lowest BCUT2D eigenvalue weighted by Gasteiger charge is -2.03. The van der Waals surface area contributed by atoms with Crippen molar-refractivity contribution < 1.29 is 9.53 Å². The molecule has 0 saturated heterocycles. The minimum absolute atomic E-state index is 0.142. The summed E-state index contributed by atoms with van der Waals surface area (Å²) >= 11 is 5.42. The molecule has 0 radical (unpaired) electrons. The monoisotopic (exact) mass is 163 g/mol. The Labute approximate surface area is 64.8 Å². The van der Waals surface area contributed by atoms with Crippen LogP contribution in [0, 0.1) is 0 Å². The number of primary amides is 1. The van der Waals surface area contributed by atoms with Crippen molar-refractivity contribution in [3.8, 4) is 0 Å². The molecule has 0 aliphatic heterocycles. The Morgan fingerprint density at radius 1 is 1.90 bits per heavy atom. The van der Waals surface area contributed by atoms with Gasteiger partial charge in [0.2, 0.25) is 5.91 Å². The number of halogens is 1. The topological polar surface area (TPSA) is 52.3 Å². The van der Waals surface area contributed by atoms with E-state index in [0.717, 1.165) is 0 Å². The highest BCUT2D eigenvalue weighted by Gasteiger charge is 2.09. The summed E-state index contributed by atoms with van der Waals surface area (Å²) in [7, 11) is 0. The van der Waals surface area contributed by atoms with E-state index in [4.69, 9.17) is 22.1 Å². The number of carbonyl (C=O) groups excluding carboxylic acids is 1. The first-order valence-corrected chi connectivity index (χ1v) is 3.24. The molecule has 1 unspecified atom stereocenters. The van der Waals surface area contributed by atoms with Crippen molar-refractivity contribution in [2.24, 2.45) is 5.73 Å². The SMILES string of the molecule is C=CCOCC(Cl)C(N)=O. The van der Waals surface area contributed by atoms with Crippen LogP contribution < -0.4 is 5.73 Å². The molecule has 4 heteroatoms. The zero-order valence-corrected chi connectivity index (χ0v) is 6.30. The van der Waals surface area contributed by atoms with Gasteiger partial charge in [-0.2, -0.15) is 0 Å². The quantitative estimate of drug-likeness (QED) is 0.360. The van der Waals surface area contributed by atoms with Gasteiger partial charge in [-0.3, -0.25) is 4.79 Å². The van der Waals surface area contributed by atoms with Gasteiger partial charge in [0, 0.05) is 0 Å². The average Bonchev–Trinajstić information content (AvgIpc) is 1.88. The van der Waals surface area contributed by atoms with E-state index in [0.29, 0.717) is 6.61 Å². The maximum Gasteiger partial charge on any atom is 0.237 e. The molecule has 0 bridgehead atoms. The molecule has 0 aliphatic rings. The highest BCUT2D eigenvalue weighted by atomic mass is 35.5. The fourth-order valence-electron chi connectivity index (χ4n) is 0.337. The summed E-state index contributed by atoms with van der Waals surface area (Å²) in [5.74, 6) is -0.564. The van der Waals surface area contributed by atoms with Crippen LogP contribution in [0.25, 0.3) is 0 Å². The first kappa shape index (κ1) is 9.46. The number of nitrogens with two attached hydrogens (primary N) is 1. The van der Waals surface area contributed by atoms with Crippen LogP contribution in [0.1, 0.15) is 0 Å². The zero-order chi connectivity index (χ0) is 7.98. The largest absolute Gasteiger partial charge is 0.375 e. The smallest absolute Gasteiger partial charge is 0.237 e. The molecule has 0 heterocycles. The van der Waals surface area contributed by atoms with Crippen molar-refractivity contribution in [3.63, 3.8) is 0 Å². The van der Waals surface area contributed by atoms with Crippen LogP contribution in [-0.2, 0) is 9.53 Å². The predicted octanol–water partition coefficient (Wildman–Crippen LogP) is 0.282. The Bertz CT molecular complexity index is 127. The van der Waals surface area contributed by atoms with Gasteiger partial charge in [0.15, 0.2) is 0 Å². The molecular weight excluding hydrogens is 154 g/mol. The van der Waals surface area contributed by atoms with Gasteiger partial charge in [-0.1, -0.05) is 6.08 Å². The maximum atomic E-state index is 10.3. The summed E-state index contributed by atoms with van der Waals surface area (Å²) < 4.78 is 4.86. The molecule has 0 spiro atoms. The van der Waals surface area contributed by atoms with Crippen LogP contribution in [0.2, 0.25) is 0 Å². The first-order chi connectivity index (χ1) is 4.68. The van der Waals surface area contributed by atoms with E-state index < -0.39 is 11.3 Å². The summed E-state index contributed by atoms with van der Waals surface area (Å²) in [6, 6.07) is 0. The average molecular weight is 164 g/mol. The summed E-state index contributed by atoms with van der Waals surface area (Å²) in [5.41, 5.74) is 4.84. The molecule has 0 aromatic carbocycles. The van der Waals surface area contributed by atoms with Crippen LogP contribution in [0.15, 0.2) is 12.7 Å². The number of carbonyl (C=O) groups is 1. The molecule has 0 aromatic heterocycles. The molecule has 10 heavy (non-hydrogen) atoms. The van der Waals surface area contributed by atoms with E-state index in [1.165, 1.54) is 0 Å². The summed E-state index contributed by atoms with van der Waals surface area (Å²) in [5, 5.41) is -0.736. The molecule has 0 fully saturated rings. The van der Waals surface area contributed by atoms with Gasteiger partial charge in [0.05, 0.1) is 13.2 Å². The number of rotatable bonds is 5. The van der Waals surface area contributed by atoms with Crippen LogP contribution in [0.3, 0.4) is 0 Å². The Morgan fingerprint density at radius 2 is 2.50 bits per heavy atom. The van der Waals surface area contributed by atoms with Gasteiger partial charge in [-0.05, 0) is 0 Å². The van der Waals surface area contributed by atoms with Crippen LogP contribution >= 0.6 is 11.6 Å². The third-order valence-corrected chi connectivity index (χ3v) is 1.15. The number of hydrogen-bond acceptors (Lipinski definition) is 2. The molecular formula is C6H10ClNO2. The van der Waals surface area contributed by atoms with Crippen LogP contribution in [0.5, 0.6) is 0 Å². The zero-order valence-electron chi connectivity index (χ0n) is 5.55. The van der Waals surface area contributed by atoms with Crippen LogP contribution in [-0.4, -0.2) is 24.5 Å². The van der Waals surface area contributed by atoms with E-state index in [9.17, 15) is 4.79 Å². The minimum Gasteiger partial charge on any atom is -0.375 e. The molecule has 2 N–H and O–H groups in total. The summed E-state index contributed by atoms with van der Waals surface area (Å²) in [6.45, 7) is 3.95. The van der Waals surface area contributed by atoms with Gasteiger partial charge in [-0.25, -0.2) is 0 Å². The second-order valence-corrected chi connectivity index (χ2v) is 2.22. The van der Waals surface area contributed by atoms with Crippen LogP contribution in [0.4, 0.5) is 0 Å². The molecule has 3 nitrogen and oxygen atoms in total. The van der Waals surface area contributed by atoms with Crippen molar-refractivity contribution in [3.05, 3.63) is 12.7 Å². The first-order valence-electron chi connectivity index (χ1n) is 2.80. The van der Waals surface area contributed by atoms with Crippen molar-refractivity contribution in [1.29, 1.82) is 0 Å². The third kappa shape index (κ3) is 4.35. The van der Waals surface area contributed by atoms with Gasteiger partial charge in [0.25, 0.3) is 0 Å². The van der Waals surface area contributed by atoms with Crippen molar-refractivity contribution in [2.75, 3.05) is 13.2 Å². The lowest BCUT2D eigenvalue weighted by Crippen LogP contribution is -2.27. The second kappa shape index (κ2) is 5.26. The Balaban J connectivity index is 3.30. The third-order valence-electron chi connectivity index (χ3n) is 0.809. The van der Waals surface area contributed by atoms with Crippen molar-refractivity contribution in [2.45, 2.75) is 5.38 Å². The van der Waals surface area contributed by atoms with E-state index in [1.54, 1.807) is 6.08 Å². The molecule has 1 amide bonds. The number of hydrogen-bond donors (Lipinski definition) is 1. The van der Waals surface area contributed by atoms with E-state index >= 15 is 0 Å². The number of ether oxygens (including phenoxy) is 1. The standard InChI is InChI=1S/C6H10ClNO2/c1-2-3-10-4-5(7)6(8)9/h2,5H,1,3-4H2,(H2,8,9). The molecule has 0 saturated carbocycles. The van der Waals surface area contributed by atoms with Crippen molar-refractivity contribution in [1.82, 2.24) is 0 Å². The Kier molecular flexibility index (Phi) is 4.98. The molecule has 58 valence electrons. The molecule has 0 rings (SSSR count). The van der Waals surface area contributed by atoms with E-state index in [2.05, 4.69) is 6.58 Å². The fraction of sp³-hybridized carbons (Fsp3) is 0.500. The highest BCUT2D eigenvalue weighted by Crippen LogP contribution is 1.94. The Hall–Kier alpha value is -0.540. The predicted molar refractivity (Wildman–Crippen MR) is 39.9 cm³/mol. The fourth-order valence-corrected chi connectivity index (χ4v) is 0.426. The van der Waals surface area contributed by atoms with Gasteiger partial charge >= 0.3 is 0 Å². The molecule has 0 aliphatic carbocycles. The number of alkyl halides is 1. The van der Waals surface area contributed by atoms with Gasteiger partial charge in [0.1, 0.15) is 5.38 Å². The normalized spacial score (nSPS) is 12.5. The van der Waals surface area contributed by atoms with E-state index in [1.807, 2.05) is 0 Å². The lowest BCUT2D eigenvalue weighted by molar-refractivity contribution is -0.118. The molecule has 0 aromatic rings. The molecule has 1 atom stereocenters. The highest BCUT2D eigenvalue weighted by molar-refractivity contribution is 6.30. The minimum atomic E-state index is -0.736. The van der Waals surface area contributed by atoms with E-state index in [-0.39, 0.29) is 6.61 Å². The van der Waals surface area contributed by atoms with Crippen molar-refractivity contribution >= 4 is 17.5 Å². The lowest BCUT2D eigenvalue weighted by atomic mass is 10.4. The number of amides is 1.